The van der Waals surface area contributed by atoms with E-state index in [2.05, 4.69) is 22.2 Å². The van der Waals surface area contributed by atoms with Crippen molar-refractivity contribution in [3.63, 3.8) is 0 Å². The molecule has 6 nitrogen and oxygen atoms in total. The van der Waals surface area contributed by atoms with Gasteiger partial charge in [0.05, 0.1) is 24.0 Å². The number of benzene rings is 1. The van der Waals surface area contributed by atoms with Gasteiger partial charge in [-0.05, 0) is 56.7 Å². The first kappa shape index (κ1) is 18.8. The number of aryl methyl sites for hydroxylation is 1. The van der Waals surface area contributed by atoms with Crippen molar-refractivity contribution in [1.82, 2.24) is 14.9 Å². The van der Waals surface area contributed by atoms with Crippen LogP contribution in [0.4, 0.5) is 14.9 Å². The number of halogens is 1. The van der Waals surface area contributed by atoms with Gasteiger partial charge in [0.25, 0.3) is 0 Å². The van der Waals surface area contributed by atoms with Gasteiger partial charge < -0.3 is 15.3 Å². The van der Waals surface area contributed by atoms with Gasteiger partial charge in [-0.15, -0.1) is 0 Å². The summed E-state index contributed by atoms with van der Waals surface area (Å²) in [6.07, 6.45) is 4.31. The zero-order valence-electron chi connectivity index (χ0n) is 16.3. The van der Waals surface area contributed by atoms with Crippen molar-refractivity contribution >= 4 is 11.7 Å². The van der Waals surface area contributed by atoms with Gasteiger partial charge in [-0.25, -0.2) is 19.2 Å². The smallest absolute Gasteiger partial charge is 0.322 e. The molecule has 2 aliphatic rings. The highest BCUT2D eigenvalue weighted by atomic mass is 19.1. The highest BCUT2D eigenvalue weighted by Gasteiger charge is 2.60. The molecule has 0 aliphatic carbocycles. The lowest BCUT2D eigenvalue weighted by atomic mass is 9.62. The van der Waals surface area contributed by atoms with Crippen LogP contribution in [0.15, 0.2) is 30.6 Å². The Morgan fingerprint density at radius 2 is 2.07 bits per heavy atom. The van der Waals surface area contributed by atoms with Crippen molar-refractivity contribution in [3.05, 3.63) is 42.0 Å². The molecule has 148 valence electrons. The summed E-state index contributed by atoms with van der Waals surface area (Å²) in [6, 6.07) is 5.48. The standard InChI is InChI=1S/C21H25FN4O2/c1-12-6-17-9-21(8-12,14(3)27)26(17)20(28)25-16-5-4-13(2)18(7-16)19-23-10-15(22)11-24-19/h4-5,7,10-12,14,17,27H,6,8-9H2,1-3H3,(H,25,28)/t12-,14?,17?,21?/m1/s1. The summed E-state index contributed by atoms with van der Waals surface area (Å²) in [5.41, 5.74) is 1.82. The van der Waals surface area contributed by atoms with E-state index in [1.807, 2.05) is 24.0 Å². The van der Waals surface area contributed by atoms with E-state index in [-0.39, 0.29) is 12.1 Å². The third-order valence-electron chi connectivity index (χ3n) is 6.16. The number of nitrogens with zero attached hydrogens (tertiary/aromatic N) is 3. The van der Waals surface area contributed by atoms with Crippen molar-refractivity contribution in [3.8, 4) is 11.4 Å². The molecule has 2 N–H and O–H groups in total. The van der Waals surface area contributed by atoms with Crippen molar-refractivity contribution in [2.45, 2.75) is 57.7 Å². The number of anilines is 1. The first-order valence-corrected chi connectivity index (χ1v) is 9.67. The molecule has 3 unspecified atom stereocenters. The molecule has 2 amide bonds. The molecule has 4 atom stereocenters. The number of carbonyl (C=O) groups excluding carboxylic acids is 1. The number of rotatable bonds is 3. The van der Waals surface area contributed by atoms with E-state index in [0.717, 1.165) is 42.8 Å². The number of nitrogens with one attached hydrogen (secondary N) is 1. The summed E-state index contributed by atoms with van der Waals surface area (Å²) >= 11 is 0. The third-order valence-corrected chi connectivity index (χ3v) is 6.16. The van der Waals surface area contributed by atoms with Gasteiger partial charge in [0.2, 0.25) is 0 Å². The number of aliphatic hydroxyl groups is 1. The van der Waals surface area contributed by atoms with Crippen LogP contribution >= 0.6 is 0 Å². The largest absolute Gasteiger partial charge is 0.391 e. The van der Waals surface area contributed by atoms with Gasteiger partial charge in [-0.2, -0.15) is 0 Å². The molecule has 28 heavy (non-hydrogen) atoms. The Morgan fingerprint density at radius 1 is 1.36 bits per heavy atom. The fraction of sp³-hybridized carbons (Fsp3) is 0.476. The van der Waals surface area contributed by atoms with Crippen LogP contribution in [0.25, 0.3) is 11.4 Å². The summed E-state index contributed by atoms with van der Waals surface area (Å²) in [6.45, 7) is 5.86. The Morgan fingerprint density at radius 3 is 2.75 bits per heavy atom. The van der Waals surface area contributed by atoms with E-state index in [9.17, 15) is 14.3 Å². The van der Waals surface area contributed by atoms with Crippen molar-refractivity contribution < 1.29 is 14.3 Å². The van der Waals surface area contributed by atoms with Crippen molar-refractivity contribution in [2.75, 3.05) is 5.32 Å². The minimum atomic E-state index is -0.571. The average molecular weight is 384 g/mol. The maximum Gasteiger partial charge on any atom is 0.322 e. The van der Waals surface area contributed by atoms with Gasteiger partial charge in [-0.1, -0.05) is 13.0 Å². The Labute approximate surface area is 163 Å². The maximum atomic E-state index is 13.1. The maximum absolute atomic E-state index is 13.1. The topological polar surface area (TPSA) is 78.4 Å². The van der Waals surface area contributed by atoms with Gasteiger partial charge in [0.1, 0.15) is 0 Å². The summed E-state index contributed by atoms with van der Waals surface area (Å²) in [4.78, 5) is 22.9. The fourth-order valence-corrected chi connectivity index (χ4v) is 4.86. The van der Waals surface area contributed by atoms with Crippen molar-refractivity contribution in [1.29, 1.82) is 0 Å². The lowest BCUT2D eigenvalue weighted by molar-refractivity contribution is -0.146. The number of carbonyl (C=O) groups is 1. The van der Waals surface area contributed by atoms with Crippen LogP contribution in [-0.4, -0.2) is 43.7 Å². The van der Waals surface area contributed by atoms with Gasteiger partial charge >= 0.3 is 6.03 Å². The summed E-state index contributed by atoms with van der Waals surface area (Å²) in [5.74, 6) is 0.414. The molecule has 4 rings (SSSR count). The van der Waals surface area contributed by atoms with Crippen molar-refractivity contribution in [2.24, 2.45) is 5.92 Å². The quantitative estimate of drug-likeness (QED) is 0.845. The molecule has 2 bridgehead atoms. The molecule has 3 heterocycles. The molecule has 2 aromatic rings. The zero-order chi connectivity index (χ0) is 20.1. The summed E-state index contributed by atoms with van der Waals surface area (Å²) in [7, 11) is 0. The monoisotopic (exact) mass is 384 g/mol. The number of hydrogen-bond donors (Lipinski definition) is 2. The summed E-state index contributed by atoms with van der Waals surface area (Å²) in [5, 5.41) is 13.3. The number of aliphatic hydroxyl groups excluding tert-OH is 1. The normalized spacial score (nSPS) is 27.1. The number of hydrogen-bond acceptors (Lipinski definition) is 4. The lowest BCUT2D eigenvalue weighted by Gasteiger charge is -2.64. The van der Waals surface area contributed by atoms with Crippen LogP contribution in [0.3, 0.4) is 0 Å². The van der Waals surface area contributed by atoms with Crippen LogP contribution in [-0.2, 0) is 0 Å². The number of amides is 2. The second-order valence-corrected chi connectivity index (χ2v) is 8.24. The fourth-order valence-electron chi connectivity index (χ4n) is 4.86. The van der Waals surface area contributed by atoms with E-state index in [1.54, 1.807) is 13.0 Å². The molecular weight excluding hydrogens is 359 g/mol. The van der Waals surface area contributed by atoms with Gasteiger partial charge in [0, 0.05) is 17.3 Å². The highest BCUT2D eigenvalue weighted by molar-refractivity contribution is 5.92. The number of aromatic nitrogens is 2. The average Bonchev–Trinajstić information content (AvgIpc) is 2.63. The molecular formula is C21H25FN4O2. The Hall–Kier alpha value is -2.54. The molecule has 1 aromatic heterocycles. The van der Waals surface area contributed by atoms with Gasteiger partial charge in [-0.3, -0.25) is 0 Å². The number of piperidine rings is 1. The van der Waals surface area contributed by atoms with E-state index < -0.39 is 17.5 Å². The van der Waals surface area contributed by atoms with Gasteiger partial charge in [0.15, 0.2) is 11.6 Å². The molecule has 2 saturated heterocycles. The number of urea groups is 1. The summed E-state index contributed by atoms with van der Waals surface area (Å²) < 4.78 is 13.1. The molecule has 0 radical (unpaired) electrons. The molecule has 0 saturated carbocycles. The molecule has 2 aliphatic heterocycles. The van der Waals surface area contributed by atoms with Crippen LogP contribution in [0.1, 0.15) is 38.7 Å². The SMILES string of the molecule is Cc1ccc(NC(=O)N2C3C[C@@H](C)CC2(C(C)O)C3)cc1-c1ncc(F)cn1. The molecule has 7 heteroatoms. The Kier molecular flexibility index (Phi) is 4.57. The second kappa shape index (κ2) is 6.81. The molecule has 2 fully saturated rings. The predicted molar refractivity (Wildman–Crippen MR) is 104 cm³/mol. The Bertz CT molecular complexity index is 902. The van der Waals surface area contributed by atoms with Crippen LogP contribution in [0.5, 0.6) is 0 Å². The lowest BCUT2D eigenvalue weighted by Crippen LogP contribution is -2.76. The first-order valence-electron chi connectivity index (χ1n) is 9.67. The zero-order valence-corrected chi connectivity index (χ0v) is 16.3. The Balaban J connectivity index is 1.57. The van der Waals surface area contributed by atoms with E-state index in [1.165, 1.54) is 0 Å². The van der Waals surface area contributed by atoms with E-state index in [4.69, 9.17) is 0 Å². The van der Waals surface area contributed by atoms with Crippen LogP contribution in [0, 0.1) is 18.7 Å². The van der Waals surface area contributed by atoms with Crippen LogP contribution < -0.4 is 5.32 Å². The van der Waals surface area contributed by atoms with E-state index >= 15 is 0 Å². The third kappa shape index (κ3) is 3.03. The number of fused-ring (bicyclic) bond motifs is 2. The van der Waals surface area contributed by atoms with Crippen LogP contribution in [0.2, 0.25) is 0 Å². The highest BCUT2D eigenvalue weighted by Crippen LogP contribution is 2.51. The first-order chi connectivity index (χ1) is 13.3. The molecule has 1 aromatic carbocycles. The second-order valence-electron chi connectivity index (χ2n) is 8.24. The predicted octanol–water partition coefficient (Wildman–Crippen LogP) is 3.75. The minimum Gasteiger partial charge on any atom is -0.391 e. The van der Waals surface area contributed by atoms with E-state index in [0.29, 0.717) is 17.4 Å². The molecule has 0 spiro atoms. The minimum absolute atomic E-state index is 0.170.